The summed E-state index contributed by atoms with van der Waals surface area (Å²) in [6.07, 6.45) is 1.66. The lowest BCUT2D eigenvalue weighted by Gasteiger charge is -2.12. The molecule has 1 N–H and O–H groups in total. The van der Waals surface area contributed by atoms with Crippen molar-refractivity contribution in [3.63, 3.8) is 0 Å². The van der Waals surface area contributed by atoms with Gasteiger partial charge in [0.1, 0.15) is 11.5 Å². The minimum atomic E-state index is -0.227. The van der Waals surface area contributed by atoms with Crippen molar-refractivity contribution in [2.24, 2.45) is 0 Å². The summed E-state index contributed by atoms with van der Waals surface area (Å²) in [5.41, 5.74) is 2.56. The van der Waals surface area contributed by atoms with Crippen molar-refractivity contribution in [3.8, 4) is 11.5 Å². The van der Waals surface area contributed by atoms with Gasteiger partial charge in [-0.1, -0.05) is 11.6 Å². The summed E-state index contributed by atoms with van der Waals surface area (Å²) >= 11 is 6.16. The minimum Gasteiger partial charge on any atom is -0.497 e. The van der Waals surface area contributed by atoms with E-state index in [1.807, 2.05) is 28.8 Å². The second-order valence-electron chi connectivity index (χ2n) is 5.89. The summed E-state index contributed by atoms with van der Waals surface area (Å²) in [5, 5.41) is 1.44. The van der Waals surface area contributed by atoms with Gasteiger partial charge in [-0.25, -0.2) is 4.98 Å². The molecule has 0 fully saturated rings. The zero-order valence-corrected chi connectivity index (χ0v) is 15.0. The highest BCUT2D eigenvalue weighted by Crippen LogP contribution is 2.28. The van der Waals surface area contributed by atoms with Gasteiger partial charge in [0, 0.05) is 22.0 Å². The third-order valence-electron chi connectivity index (χ3n) is 4.37. The molecule has 26 heavy (non-hydrogen) atoms. The normalized spacial score (nSPS) is 11.2. The summed E-state index contributed by atoms with van der Waals surface area (Å²) in [6, 6.07) is 11.0. The Bertz CT molecular complexity index is 1180. The summed E-state index contributed by atoms with van der Waals surface area (Å²) in [4.78, 5) is 19.5. The van der Waals surface area contributed by atoms with Gasteiger partial charge in [0.15, 0.2) is 5.52 Å². The summed E-state index contributed by atoms with van der Waals surface area (Å²) < 4.78 is 12.6. The SMILES string of the molecule is COc1ccc(Cn2cnc3c(=O)[nH]c4ccc(Cl)cc4c32)c(OC)c1. The van der Waals surface area contributed by atoms with Crippen LogP contribution in [0.5, 0.6) is 11.5 Å². The number of aromatic nitrogens is 3. The number of methoxy groups -OCH3 is 2. The minimum absolute atomic E-state index is 0.227. The Balaban J connectivity index is 1.92. The second kappa shape index (κ2) is 6.38. The molecule has 2 aromatic carbocycles. The third-order valence-corrected chi connectivity index (χ3v) is 4.61. The zero-order chi connectivity index (χ0) is 18.3. The first-order valence-corrected chi connectivity index (χ1v) is 8.36. The molecule has 0 saturated heterocycles. The Morgan fingerprint density at radius 2 is 2.00 bits per heavy atom. The highest BCUT2D eigenvalue weighted by atomic mass is 35.5. The number of imidazole rings is 1. The molecule has 0 aliphatic carbocycles. The molecule has 4 rings (SSSR count). The van der Waals surface area contributed by atoms with Crippen LogP contribution < -0.4 is 15.0 Å². The van der Waals surface area contributed by atoms with E-state index < -0.39 is 0 Å². The van der Waals surface area contributed by atoms with E-state index >= 15 is 0 Å². The molecule has 0 unspecified atom stereocenters. The molecule has 7 heteroatoms. The molecule has 2 aromatic heterocycles. The van der Waals surface area contributed by atoms with E-state index in [1.54, 1.807) is 32.7 Å². The van der Waals surface area contributed by atoms with Crippen molar-refractivity contribution in [1.82, 2.24) is 14.5 Å². The van der Waals surface area contributed by atoms with Crippen LogP contribution in [0, 0.1) is 0 Å². The Morgan fingerprint density at radius 1 is 1.15 bits per heavy atom. The lowest BCUT2D eigenvalue weighted by Crippen LogP contribution is -2.08. The van der Waals surface area contributed by atoms with Crippen LogP contribution in [-0.4, -0.2) is 28.8 Å². The molecule has 0 saturated carbocycles. The van der Waals surface area contributed by atoms with Crippen LogP contribution in [0.1, 0.15) is 5.56 Å². The van der Waals surface area contributed by atoms with E-state index in [0.717, 1.165) is 27.7 Å². The number of benzene rings is 2. The highest BCUT2D eigenvalue weighted by Gasteiger charge is 2.14. The Hall–Kier alpha value is -2.99. The molecule has 2 heterocycles. The predicted molar refractivity (Wildman–Crippen MR) is 102 cm³/mol. The molecule has 0 spiro atoms. The standard InChI is InChI=1S/C19H16ClN3O3/c1-25-13-5-3-11(16(8-13)26-2)9-23-10-21-17-18(23)14-7-12(20)4-6-15(14)22-19(17)24/h3-8,10H,9H2,1-2H3,(H,22,24). The topological polar surface area (TPSA) is 69.1 Å². The quantitative estimate of drug-likeness (QED) is 0.596. The Morgan fingerprint density at radius 3 is 2.77 bits per heavy atom. The first-order chi connectivity index (χ1) is 12.6. The molecular formula is C19H16ClN3O3. The van der Waals surface area contributed by atoms with Gasteiger partial charge in [0.2, 0.25) is 0 Å². The number of nitrogens with one attached hydrogen (secondary N) is 1. The molecular weight excluding hydrogens is 354 g/mol. The van der Waals surface area contributed by atoms with E-state index in [1.165, 1.54) is 0 Å². The van der Waals surface area contributed by atoms with Crippen LogP contribution in [0.4, 0.5) is 0 Å². The fourth-order valence-corrected chi connectivity index (χ4v) is 3.29. The van der Waals surface area contributed by atoms with E-state index in [2.05, 4.69) is 9.97 Å². The van der Waals surface area contributed by atoms with Gasteiger partial charge in [0.05, 0.1) is 38.1 Å². The van der Waals surface area contributed by atoms with E-state index in [-0.39, 0.29) is 5.56 Å². The van der Waals surface area contributed by atoms with E-state index in [0.29, 0.717) is 22.8 Å². The summed E-state index contributed by atoms with van der Waals surface area (Å²) in [6.45, 7) is 0.495. The average Bonchev–Trinajstić information content (AvgIpc) is 3.07. The van der Waals surface area contributed by atoms with Crippen LogP contribution in [0.3, 0.4) is 0 Å². The summed E-state index contributed by atoms with van der Waals surface area (Å²) in [5.74, 6) is 1.42. The van der Waals surface area contributed by atoms with E-state index in [4.69, 9.17) is 21.1 Å². The molecule has 6 nitrogen and oxygen atoms in total. The fourth-order valence-electron chi connectivity index (χ4n) is 3.12. The molecule has 0 bridgehead atoms. The van der Waals surface area contributed by atoms with Crippen LogP contribution in [-0.2, 0) is 6.54 Å². The maximum atomic E-state index is 12.3. The van der Waals surface area contributed by atoms with E-state index in [9.17, 15) is 4.79 Å². The molecule has 132 valence electrons. The molecule has 0 aliphatic rings. The lowest BCUT2D eigenvalue weighted by molar-refractivity contribution is 0.390. The van der Waals surface area contributed by atoms with Crippen molar-refractivity contribution < 1.29 is 9.47 Å². The van der Waals surface area contributed by atoms with Crippen LogP contribution in [0.2, 0.25) is 5.02 Å². The molecule has 0 radical (unpaired) electrons. The predicted octanol–water partition coefficient (Wildman–Crippen LogP) is 3.60. The van der Waals surface area contributed by atoms with Gasteiger partial charge >= 0.3 is 0 Å². The zero-order valence-electron chi connectivity index (χ0n) is 14.2. The number of nitrogens with zero attached hydrogens (tertiary/aromatic N) is 2. The monoisotopic (exact) mass is 369 g/mol. The van der Waals surface area contributed by atoms with Gasteiger partial charge in [0.25, 0.3) is 5.56 Å². The summed E-state index contributed by atoms with van der Waals surface area (Å²) in [7, 11) is 3.23. The van der Waals surface area contributed by atoms with Crippen molar-refractivity contribution in [2.75, 3.05) is 14.2 Å². The number of hydrogen-bond donors (Lipinski definition) is 1. The van der Waals surface area contributed by atoms with Crippen LogP contribution in [0.15, 0.2) is 47.5 Å². The van der Waals surface area contributed by atoms with Gasteiger partial charge in [-0.3, -0.25) is 4.79 Å². The third kappa shape index (κ3) is 2.68. The Labute approximate surface area is 153 Å². The Kier molecular flexibility index (Phi) is 4.05. The average molecular weight is 370 g/mol. The van der Waals surface area contributed by atoms with Crippen molar-refractivity contribution in [2.45, 2.75) is 6.54 Å². The molecule has 0 aliphatic heterocycles. The number of ether oxygens (including phenoxy) is 2. The number of pyridine rings is 1. The maximum absolute atomic E-state index is 12.3. The van der Waals surface area contributed by atoms with Gasteiger partial charge < -0.3 is 19.0 Å². The number of H-pyrrole nitrogens is 1. The lowest BCUT2D eigenvalue weighted by atomic mass is 10.1. The van der Waals surface area contributed by atoms with Gasteiger partial charge in [-0.05, 0) is 30.3 Å². The molecule has 0 atom stereocenters. The number of aromatic amines is 1. The van der Waals surface area contributed by atoms with Gasteiger partial charge in [-0.15, -0.1) is 0 Å². The van der Waals surface area contributed by atoms with Crippen molar-refractivity contribution >= 4 is 33.5 Å². The fraction of sp³-hybridized carbons (Fsp3) is 0.158. The molecule has 0 amide bonds. The maximum Gasteiger partial charge on any atom is 0.276 e. The van der Waals surface area contributed by atoms with Crippen molar-refractivity contribution in [1.29, 1.82) is 0 Å². The van der Waals surface area contributed by atoms with Gasteiger partial charge in [-0.2, -0.15) is 0 Å². The van der Waals surface area contributed by atoms with Crippen LogP contribution in [0.25, 0.3) is 21.9 Å². The molecule has 4 aromatic rings. The number of halogens is 1. The second-order valence-corrected chi connectivity index (χ2v) is 6.33. The highest BCUT2D eigenvalue weighted by molar-refractivity contribution is 6.31. The smallest absolute Gasteiger partial charge is 0.276 e. The first kappa shape index (κ1) is 16.5. The van der Waals surface area contributed by atoms with Crippen molar-refractivity contribution in [3.05, 3.63) is 63.7 Å². The first-order valence-electron chi connectivity index (χ1n) is 7.98. The number of rotatable bonds is 4. The number of hydrogen-bond acceptors (Lipinski definition) is 4. The van der Waals surface area contributed by atoms with Crippen LogP contribution >= 0.6 is 11.6 Å². The largest absolute Gasteiger partial charge is 0.497 e. The number of fused-ring (bicyclic) bond motifs is 3.